The van der Waals surface area contributed by atoms with Gasteiger partial charge in [0.2, 0.25) is 5.69 Å². The molecule has 0 spiro atoms. The number of benzene rings is 5. The Morgan fingerprint density at radius 3 is 2.09 bits per heavy atom. The number of para-hydroxylation sites is 2. The van der Waals surface area contributed by atoms with Crippen LogP contribution in [0.1, 0.15) is 51.5 Å². The summed E-state index contributed by atoms with van der Waals surface area (Å²) in [5.41, 5.74) is 10.5. The Hall–Kier alpha value is -4.69. The lowest BCUT2D eigenvalue weighted by Crippen LogP contribution is -2.62. The van der Waals surface area contributed by atoms with Crippen molar-refractivity contribution < 1.29 is 4.57 Å². The molecule has 3 heterocycles. The van der Waals surface area contributed by atoms with Crippen molar-refractivity contribution in [3.63, 3.8) is 0 Å². The van der Waals surface area contributed by atoms with Crippen LogP contribution in [-0.4, -0.2) is 4.57 Å². The summed E-state index contributed by atoms with van der Waals surface area (Å²) < 4.78 is 5.03. The molecule has 1 atom stereocenters. The fraction of sp³-hybridized carbons (Fsp3) is 0.195. The highest BCUT2D eigenvalue weighted by Gasteiger charge is 2.50. The number of rotatable bonds is 5. The Morgan fingerprint density at radius 2 is 1.30 bits per heavy atom. The van der Waals surface area contributed by atoms with E-state index in [2.05, 4.69) is 157 Å². The molecule has 0 N–H and O–H groups in total. The zero-order valence-electron chi connectivity index (χ0n) is 25.2. The van der Waals surface area contributed by atoms with Crippen LogP contribution in [0.15, 0.2) is 128 Å². The molecule has 2 nitrogen and oxygen atoms in total. The molecule has 5 aromatic carbocycles. The Balaban J connectivity index is 1.35. The largest absolute Gasteiger partial charge is 0.309 e. The van der Waals surface area contributed by atoms with E-state index in [0.29, 0.717) is 5.92 Å². The molecule has 0 saturated heterocycles. The van der Waals surface area contributed by atoms with Gasteiger partial charge in [-0.1, -0.05) is 93.6 Å². The van der Waals surface area contributed by atoms with Gasteiger partial charge in [-0.05, 0) is 71.0 Å². The monoisotopic (exact) mass is 557 g/mol. The van der Waals surface area contributed by atoms with E-state index in [9.17, 15) is 0 Å². The Kier molecular flexibility index (Phi) is 6.01. The quantitative estimate of drug-likeness (QED) is 0.186. The van der Waals surface area contributed by atoms with Crippen LogP contribution in [0.2, 0.25) is 0 Å². The van der Waals surface area contributed by atoms with Gasteiger partial charge in [0.1, 0.15) is 0 Å². The first-order valence-electron chi connectivity index (χ1n) is 15.8. The van der Waals surface area contributed by atoms with Gasteiger partial charge in [0, 0.05) is 46.7 Å². The van der Waals surface area contributed by atoms with Gasteiger partial charge in [0.15, 0.2) is 11.7 Å². The van der Waals surface area contributed by atoms with E-state index in [-0.39, 0.29) is 5.54 Å². The van der Waals surface area contributed by atoms with Crippen molar-refractivity contribution in [1.82, 2.24) is 4.57 Å². The van der Waals surface area contributed by atoms with E-state index < -0.39 is 0 Å². The molecule has 2 aromatic heterocycles. The minimum Gasteiger partial charge on any atom is -0.309 e. The normalized spacial score (nSPS) is 15.6. The average Bonchev–Trinajstić information content (AvgIpc) is 3.41. The van der Waals surface area contributed by atoms with E-state index in [1.165, 1.54) is 66.2 Å². The van der Waals surface area contributed by atoms with Gasteiger partial charge in [0.05, 0.1) is 16.6 Å². The molecule has 1 aliphatic rings. The Labute approximate surface area is 253 Å². The second-order valence-corrected chi connectivity index (χ2v) is 12.2. The van der Waals surface area contributed by atoms with Crippen LogP contribution in [0.4, 0.5) is 0 Å². The molecule has 8 rings (SSSR count). The summed E-state index contributed by atoms with van der Waals surface area (Å²) in [6, 6.07) is 45.0. The Morgan fingerprint density at radius 1 is 0.628 bits per heavy atom. The minimum absolute atomic E-state index is 0.0702. The van der Waals surface area contributed by atoms with Crippen molar-refractivity contribution in [2.75, 3.05) is 0 Å². The van der Waals surface area contributed by atoms with Crippen LogP contribution in [0.5, 0.6) is 0 Å². The maximum atomic E-state index is 2.65. The van der Waals surface area contributed by atoms with E-state index in [1.807, 2.05) is 0 Å². The molecule has 0 fully saturated rings. The second-order valence-electron chi connectivity index (χ2n) is 12.2. The molecule has 43 heavy (non-hydrogen) atoms. The highest BCUT2D eigenvalue weighted by molar-refractivity contribution is 6.10. The van der Waals surface area contributed by atoms with Gasteiger partial charge >= 0.3 is 0 Å². The maximum Gasteiger partial charge on any atom is 0.213 e. The Bertz CT molecular complexity index is 2150. The predicted octanol–water partition coefficient (Wildman–Crippen LogP) is 10.6. The number of nitrogens with zero attached hydrogens (tertiary/aromatic N) is 2. The van der Waals surface area contributed by atoms with E-state index in [1.54, 1.807) is 0 Å². The lowest BCUT2D eigenvalue weighted by atomic mass is 9.69. The molecule has 1 unspecified atom stereocenters. The highest BCUT2D eigenvalue weighted by atomic mass is 15.1. The number of fused-ring (bicyclic) bond motifs is 7. The van der Waals surface area contributed by atoms with Gasteiger partial charge in [-0.2, -0.15) is 4.57 Å². The fourth-order valence-electron chi connectivity index (χ4n) is 8.17. The van der Waals surface area contributed by atoms with Crippen LogP contribution < -0.4 is 4.57 Å². The van der Waals surface area contributed by atoms with Crippen molar-refractivity contribution in [3.05, 3.63) is 133 Å². The van der Waals surface area contributed by atoms with Gasteiger partial charge in [-0.15, -0.1) is 0 Å². The predicted molar refractivity (Wildman–Crippen MR) is 181 cm³/mol. The SMILES string of the molecule is CCC1c2ccc(-c3ccc4c(c3)c3ccccc3n4-c3ccccc3)cc2-c2cc3ccccc3c[n+]2C1(CC)CC. The molecular formula is C41H37N2+. The van der Waals surface area contributed by atoms with Crippen molar-refractivity contribution in [3.8, 4) is 28.1 Å². The third-order valence-electron chi connectivity index (χ3n) is 10.3. The molecule has 0 aliphatic carbocycles. The molecule has 1 aliphatic heterocycles. The fourth-order valence-corrected chi connectivity index (χ4v) is 8.17. The average molecular weight is 558 g/mol. The molecule has 0 radical (unpaired) electrons. The molecule has 0 bridgehead atoms. The molecule has 210 valence electrons. The topological polar surface area (TPSA) is 8.81 Å². The first kappa shape index (κ1) is 26.0. The van der Waals surface area contributed by atoms with Crippen molar-refractivity contribution in [1.29, 1.82) is 0 Å². The van der Waals surface area contributed by atoms with E-state index in [4.69, 9.17) is 0 Å². The summed E-state index contributed by atoms with van der Waals surface area (Å²) in [5.74, 6) is 0.469. The van der Waals surface area contributed by atoms with E-state index in [0.717, 1.165) is 19.3 Å². The summed E-state index contributed by atoms with van der Waals surface area (Å²) in [4.78, 5) is 0. The summed E-state index contributed by atoms with van der Waals surface area (Å²) >= 11 is 0. The first-order valence-corrected chi connectivity index (χ1v) is 15.8. The lowest BCUT2D eigenvalue weighted by Gasteiger charge is -2.40. The van der Waals surface area contributed by atoms with Crippen LogP contribution in [-0.2, 0) is 5.54 Å². The lowest BCUT2D eigenvalue weighted by molar-refractivity contribution is -0.761. The molecule has 0 amide bonds. The van der Waals surface area contributed by atoms with Gasteiger partial charge < -0.3 is 4.57 Å². The van der Waals surface area contributed by atoms with Crippen LogP contribution >= 0.6 is 0 Å². The van der Waals surface area contributed by atoms with Crippen LogP contribution in [0.25, 0.3) is 60.6 Å². The molecule has 2 heteroatoms. The molecule has 0 saturated carbocycles. The third-order valence-corrected chi connectivity index (χ3v) is 10.3. The minimum atomic E-state index is 0.0702. The number of pyridine rings is 1. The number of hydrogen-bond acceptors (Lipinski definition) is 0. The first-order chi connectivity index (χ1) is 21.2. The highest BCUT2D eigenvalue weighted by Crippen LogP contribution is 2.48. The van der Waals surface area contributed by atoms with Gasteiger partial charge in [-0.3, -0.25) is 0 Å². The second kappa shape index (κ2) is 9.95. The summed E-state index contributed by atoms with van der Waals surface area (Å²) in [6.45, 7) is 7.11. The van der Waals surface area contributed by atoms with E-state index >= 15 is 0 Å². The van der Waals surface area contributed by atoms with Crippen LogP contribution in [0, 0.1) is 0 Å². The molecular weight excluding hydrogens is 520 g/mol. The van der Waals surface area contributed by atoms with Gasteiger partial charge in [-0.25, -0.2) is 0 Å². The number of aromatic nitrogens is 2. The standard InChI is InChI=1S/C41H37N2/c1-4-37-33-22-20-29(24-35(33)40-26-28-14-10-11-15-31(28)27-42(40)41(37,5-2)6-3)30-21-23-39-36(25-30)34-18-12-13-19-38(34)43(39)32-16-8-7-9-17-32/h7-27,37H,4-6H2,1-3H3/q+1. The summed E-state index contributed by atoms with van der Waals surface area (Å²) in [6.07, 6.45) is 5.78. The molecule has 7 aromatic rings. The number of hydrogen-bond donors (Lipinski definition) is 0. The van der Waals surface area contributed by atoms with Crippen molar-refractivity contribution >= 4 is 32.6 Å². The zero-order valence-corrected chi connectivity index (χ0v) is 25.2. The third kappa shape index (κ3) is 3.75. The van der Waals surface area contributed by atoms with Crippen molar-refractivity contribution in [2.24, 2.45) is 0 Å². The summed E-state index contributed by atoms with van der Waals surface area (Å²) in [5, 5.41) is 5.19. The van der Waals surface area contributed by atoms with Crippen molar-refractivity contribution in [2.45, 2.75) is 51.5 Å². The smallest absolute Gasteiger partial charge is 0.213 e. The maximum absolute atomic E-state index is 2.65. The zero-order chi connectivity index (χ0) is 29.1. The van der Waals surface area contributed by atoms with Gasteiger partial charge in [0.25, 0.3) is 0 Å². The summed E-state index contributed by atoms with van der Waals surface area (Å²) in [7, 11) is 0. The van der Waals surface area contributed by atoms with Crippen LogP contribution in [0.3, 0.4) is 0 Å².